The summed E-state index contributed by atoms with van der Waals surface area (Å²) < 4.78 is 35.1. The molecule has 0 heterocycles. The highest BCUT2D eigenvalue weighted by Gasteiger charge is 2.34. The Bertz CT molecular complexity index is 1480. The van der Waals surface area contributed by atoms with Crippen LogP contribution < -0.4 is 14.4 Å². The van der Waals surface area contributed by atoms with Gasteiger partial charge in [0.2, 0.25) is 11.8 Å². The summed E-state index contributed by atoms with van der Waals surface area (Å²) in [4.78, 5) is 29.6. The van der Waals surface area contributed by atoms with E-state index in [1.807, 2.05) is 13.2 Å². The van der Waals surface area contributed by atoms with E-state index in [9.17, 15) is 18.0 Å². The number of carbonyl (C=O) groups is 2. The van der Waals surface area contributed by atoms with Crippen LogP contribution >= 0.6 is 35.0 Å². The molecule has 8 nitrogen and oxygen atoms in total. The van der Waals surface area contributed by atoms with Gasteiger partial charge in [-0.25, -0.2) is 8.42 Å². The summed E-state index contributed by atoms with van der Waals surface area (Å²) in [5.41, 5.74) is 0.645. The highest BCUT2D eigenvalue weighted by molar-refractivity contribution is 7.98. The van der Waals surface area contributed by atoms with Gasteiger partial charge in [-0.1, -0.05) is 54.7 Å². The van der Waals surface area contributed by atoms with Crippen molar-refractivity contribution in [2.75, 3.05) is 30.3 Å². The average Bonchev–Trinajstić information content (AvgIpc) is 3.00. The van der Waals surface area contributed by atoms with Crippen molar-refractivity contribution in [3.8, 4) is 5.75 Å². The molecule has 3 rings (SSSR count). The van der Waals surface area contributed by atoms with Gasteiger partial charge < -0.3 is 15.0 Å². The lowest BCUT2D eigenvalue weighted by molar-refractivity contribution is -0.139. The molecule has 1 atom stereocenters. The number of benzene rings is 3. The van der Waals surface area contributed by atoms with Crippen molar-refractivity contribution in [1.82, 2.24) is 10.2 Å². The molecule has 0 aliphatic rings. The minimum absolute atomic E-state index is 0.00968. The van der Waals surface area contributed by atoms with E-state index in [4.69, 9.17) is 27.9 Å². The third-order valence-corrected chi connectivity index (χ3v) is 9.97. The fraction of sp³-hybridized carbons (Fsp3) is 0.355. The van der Waals surface area contributed by atoms with Crippen molar-refractivity contribution in [2.45, 2.75) is 56.0 Å². The normalized spacial score (nSPS) is 12.0. The van der Waals surface area contributed by atoms with Crippen LogP contribution in [0.1, 0.15) is 39.2 Å². The molecule has 0 radical (unpaired) electrons. The Morgan fingerprint density at radius 3 is 2.23 bits per heavy atom. The van der Waals surface area contributed by atoms with E-state index in [0.29, 0.717) is 27.9 Å². The van der Waals surface area contributed by atoms with Gasteiger partial charge in [-0.2, -0.15) is 0 Å². The number of amides is 2. The second-order valence-electron chi connectivity index (χ2n) is 9.63. The van der Waals surface area contributed by atoms with Gasteiger partial charge in [-0.15, -0.1) is 11.8 Å². The van der Waals surface area contributed by atoms with Crippen LogP contribution in [0, 0.1) is 0 Å². The minimum Gasteiger partial charge on any atom is -0.492 e. The summed E-state index contributed by atoms with van der Waals surface area (Å²) in [6, 6.07) is 17.1. The molecule has 43 heavy (non-hydrogen) atoms. The molecule has 0 aromatic heterocycles. The van der Waals surface area contributed by atoms with Crippen molar-refractivity contribution < 1.29 is 22.7 Å². The third kappa shape index (κ3) is 8.81. The van der Waals surface area contributed by atoms with E-state index in [1.54, 1.807) is 68.4 Å². The molecule has 0 saturated carbocycles. The van der Waals surface area contributed by atoms with Gasteiger partial charge >= 0.3 is 0 Å². The summed E-state index contributed by atoms with van der Waals surface area (Å²) in [6.45, 7) is 5.41. The molecule has 2 amide bonds. The first kappa shape index (κ1) is 34.6. The number of nitrogens with zero attached hydrogens (tertiary/aromatic N) is 2. The molecule has 0 aliphatic carbocycles. The van der Waals surface area contributed by atoms with E-state index < -0.39 is 28.5 Å². The maximum atomic E-state index is 14.2. The standard InChI is InChI=1S/C31H37Cl2N3O5S2/c1-5-7-19-34-31(38)22(3)35(20-25-26(32)11-10-12-27(25)33)30(37)21-36(28-13-8-9-14-29(28)41-6-2)43(39,40)24-17-15-23(42-4)16-18-24/h8-18,22H,5-7,19-21H2,1-4H3,(H,34,38). The van der Waals surface area contributed by atoms with Crippen molar-refractivity contribution >= 4 is 62.5 Å². The first-order chi connectivity index (χ1) is 20.5. The summed E-state index contributed by atoms with van der Waals surface area (Å²) in [6.07, 6.45) is 3.56. The van der Waals surface area contributed by atoms with Gasteiger partial charge in [0.15, 0.2) is 0 Å². The fourth-order valence-corrected chi connectivity index (χ4v) is 6.65. The number of ether oxygens (including phenoxy) is 1. The topological polar surface area (TPSA) is 96.0 Å². The average molecular weight is 667 g/mol. The van der Waals surface area contributed by atoms with Gasteiger partial charge in [0.05, 0.1) is 17.2 Å². The van der Waals surface area contributed by atoms with Crippen LogP contribution in [0.5, 0.6) is 5.75 Å². The van der Waals surface area contributed by atoms with Gasteiger partial charge in [-0.3, -0.25) is 13.9 Å². The van der Waals surface area contributed by atoms with Crippen LogP contribution in [0.2, 0.25) is 10.0 Å². The van der Waals surface area contributed by atoms with Gasteiger partial charge in [0.25, 0.3) is 10.0 Å². The largest absolute Gasteiger partial charge is 0.492 e. The van der Waals surface area contributed by atoms with E-state index >= 15 is 0 Å². The Labute approximate surface area is 268 Å². The Kier molecular flexibility index (Phi) is 13.1. The molecular weight excluding hydrogens is 629 g/mol. The number of anilines is 1. The zero-order valence-electron chi connectivity index (χ0n) is 24.7. The zero-order chi connectivity index (χ0) is 31.6. The van der Waals surface area contributed by atoms with E-state index in [2.05, 4.69) is 5.32 Å². The zero-order valence-corrected chi connectivity index (χ0v) is 27.8. The molecule has 3 aromatic carbocycles. The van der Waals surface area contributed by atoms with Crippen molar-refractivity contribution in [3.63, 3.8) is 0 Å². The van der Waals surface area contributed by atoms with Crippen LogP contribution in [-0.2, 0) is 26.2 Å². The molecule has 3 aromatic rings. The predicted octanol–water partition coefficient (Wildman–Crippen LogP) is 6.64. The van der Waals surface area contributed by atoms with Gasteiger partial charge in [0, 0.05) is 33.6 Å². The SMILES string of the molecule is CCCCNC(=O)C(C)N(Cc1c(Cl)cccc1Cl)C(=O)CN(c1ccccc1OCC)S(=O)(=O)c1ccc(SC)cc1. The highest BCUT2D eigenvalue weighted by atomic mass is 35.5. The quantitative estimate of drug-likeness (QED) is 0.144. The number of nitrogens with one attached hydrogen (secondary N) is 1. The molecule has 0 bridgehead atoms. The molecule has 0 fully saturated rings. The molecule has 0 saturated heterocycles. The fourth-order valence-electron chi connectivity index (χ4n) is 4.30. The lowest BCUT2D eigenvalue weighted by atomic mass is 10.1. The Hall–Kier alpha value is -2.92. The number of sulfonamides is 1. The van der Waals surface area contributed by atoms with Crippen LogP contribution in [-0.4, -0.2) is 57.1 Å². The minimum atomic E-state index is -4.26. The predicted molar refractivity (Wildman–Crippen MR) is 175 cm³/mol. The second-order valence-corrected chi connectivity index (χ2v) is 13.2. The number of carbonyl (C=O) groups excluding carboxylic acids is 2. The summed E-state index contributed by atoms with van der Waals surface area (Å²) in [5, 5.41) is 3.51. The van der Waals surface area contributed by atoms with E-state index in [-0.39, 0.29) is 29.6 Å². The number of hydrogen-bond acceptors (Lipinski definition) is 6. The summed E-state index contributed by atoms with van der Waals surface area (Å²) >= 11 is 14.4. The lowest BCUT2D eigenvalue weighted by Gasteiger charge is -2.32. The van der Waals surface area contributed by atoms with E-state index in [1.165, 1.54) is 28.8 Å². The maximum Gasteiger partial charge on any atom is 0.264 e. The van der Waals surface area contributed by atoms with Crippen molar-refractivity contribution in [3.05, 3.63) is 82.3 Å². The van der Waals surface area contributed by atoms with Crippen molar-refractivity contribution in [1.29, 1.82) is 0 Å². The number of unbranched alkanes of at least 4 members (excludes halogenated alkanes) is 1. The maximum absolute atomic E-state index is 14.2. The number of thioether (sulfide) groups is 1. The van der Waals surface area contributed by atoms with Gasteiger partial charge in [0.1, 0.15) is 18.3 Å². The molecule has 0 spiro atoms. The Morgan fingerprint density at radius 2 is 1.63 bits per heavy atom. The monoisotopic (exact) mass is 665 g/mol. The number of hydrogen-bond donors (Lipinski definition) is 1. The van der Waals surface area contributed by atoms with Crippen molar-refractivity contribution in [2.24, 2.45) is 0 Å². The third-order valence-electron chi connectivity index (χ3n) is 6.75. The van der Waals surface area contributed by atoms with Crippen LogP contribution in [0.15, 0.2) is 76.5 Å². The first-order valence-corrected chi connectivity index (χ1v) is 17.4. The molecule has 12 heteroatoms. The van der Waals surface area contributed by atoms with Crippen LogP contribution in [0.4, 0.5) is 5.69 Å². The molecule has 1 N–H and O–H groups in total. The van der Waals surface area contributed by atoms with E-state index in [0.717, 1.165) is 22.0 Å². The summed E-state index contributed by atoms with van der Waals surface area (Å²) in [5.74, 6) is -0.695. The Morgan fingerprint density at radius 1 is 0.977 bits per heavy atom. The molecule has 0 aliphatic heterocycles. The highest BCUT2D eigenvalue weighted by Crippen LogP contribution is 2.34. The lowest BCUT2D eigenvalue weighted by Crippen LogP contribution is -2.51. The van der Waals surface area contributed by atoms with Gasteiger partial charge in [-0.05, 0) is 75.1 Å². The number of halogens is 2. The number of rotatable bonds is 15. The molecule has 232 valence electrons. The molecule has 1 unspecified atom stereocenters. The number of para-hydroxylation sites is 2. The van der Waals surface area contributed by atoms with Crippen LogP contribution in [0.25, 0.3) is 0 Å². The Balaban J connectivity index is 2.09. The first-order valence-electron chi connectivity index (χ1n) is 13.9. The molecular formula is C31H37Cl2N3O5S2. The smallest absolute Gasteiger partial charge is 0.264 e. The second kappa shape index (κ2) is 16.2. The summed E-state index contributed by atoms with van der Waals surface area (Å²) in [7, 11) is -4.26. The van der Waals surface area contributed by atoms with Crippen LogP contribution in [0.3, 0.4) is 0 Å².